The van der Waals surface area contributed by atoms with Gasteiger partial charge in [-0.1, -0.05) is 12.1 Å². The Morgan fingerprint density at radius 1 is 1.31 bits per heavy atom. The molecule has 6 nitrogen and oxygen atoms in total. The van der Waals surface area contributed by atoms with E-state index in [1.807, 2.05) is 24.3 Å². The molecule has 1 aromatic heterocycles. The number of benzene rings is 2. The number of ether oxygens (including phenoxy) is 1. The van der Waals surface area contributed by atoms with E-state index < -0.39 is 6.10 Å². The fraction of sp³-hybridized carbons (Fsp3) is 0.211. The first-order valence-electron chi connectivity index (χ1n) is 8.34. The molecule has 0 saturated carbocycles. The Hall–Kier alpha value is -2.93. The molecule has 26 heavy (non-hydrogen) atoms. The van der Waals surface area contributed by atoms with Crippen molar-refractivity contribution in [3.63, 3.8) is 0 Å². The summed E-state index contributed by atoms with van der Waals surface area (Å²) in [5.74, 6) is 0.307. The highest BCUT2D eigenvalue weighted by atomic mass is 32.1. The van der Waals surface area contributed by atoms with Gasteiger partial charge in [0.05, 0.1) is 20.9 Å². The summed E-state index contributed by atoms with van der Waals surface area (Å²) >= 11 is 1.61. The number of nitrogens with zero attached hydrogens (tertiary/aromatic N) is 1. The van der Waals surface area contributed by atoms with Crippen molar-refractivity contribution in [3.8, 4) is 5.75 Å². The van der Waals surface area contributed by atoms with Crippen LogP contribution in [0.4, 0.5) is 11.4 Å². The van der Waals surface area contributed by atoms with Gasteiger partial charge in [0.25, 0.3) is 5.91 Å². The molecule has 0 fully saturated rings. The highest BCUT2D eigenvalue weighted by molar-refractivity contribution is 7.18. The first-order valence-corrected chi connectivity index (χ1v) is 9.16. The fourth-order valence-corrected chi connectivity index (χ4v) is 3.72. The van der Waals surface area contributed by atoms with E-state index in [-0.39, 0.29) is 11.8 Å². The van der Waals surface area contributed by atoms with Crippen LogP contribution in [0.25, 0.3) is 10.2 Å². The average molecular weight is 367 g/mol. The molecule has 7 heteroatoms. The molecule has 1 aliphatic heterocycles. The van der Waals surface area contributed by atoms with Crippen LogP contribution in [-0.2, 0) is 16.0 Å². The lowest BCUT2D eigenvalue weighted by Crippen LogP contribution is -2.34. The predicted molar refractivity (Wildman–Crippen MR) is 102 cm³/mol. The normalized spacial score (nSPS) is 15.9. The molecule has 1 aliphatic rings. The zero-order chi connectivity index (χ0) is 18.1. The van der Waals surface area contributed by atoms with Gasteiger partial charge in [-0.25, -0.2) is 4.98 Å². The van der Waals surface area contributed by atoms with E-state index in [0.717, 1.165) is 15.2 Å². The van der Waals surface area contributed by atoms with Gasteiger partial charge in [0.15, 0.2) is 6.10 Å². The molecule has 2 heterocycles. The van der Waals surface area contributed by atoms with Crippen molar-refractivity contribution in [3.05, 3.63) is 47.5 Å². The van der Waals surface area contributed by atoms with Crippen LogP contribution >= 0.6 is 11.3 Å². The molecule has 2 aromatic carbocycles. The van der Waals surface area contributed by atoms with E-state index >= 15 is 0 Å². The minimum Gasteiger partial charge on any atom is -0.479 e. The maximum atomic E-state index is 12.2. The first kappa shape index (κ1) is 16.5. The Labute approximate surface area is 154 Å². The topological polar surface area (TPSA) is 80.3 Å². The molecule has 3 aromatic rings. The van der Waals surface area contributed by atoms with E-state index in [4.69, 9.17) is 4.74 Å². The number of anilines is 2. The van der Waals surface area contributed by atoms with Crippen LogP contribution in [0, 0.1) is 0 Å². The SMILES string of the molecule is C[C@@H]1Oc2ccc(NC(=O)CCc3nc4ccccc4s3)cc2NC1=O. The van der Waals surface area contributed by atoms with Gasteiger partial charge in [-0.15, -0.1) is 11.3 Å². The van der Waals surface area contributed by atoms with Gasteiger partial charge in [0.1, 0.15) is 5.75 Å². The summed E-state index contributed by atoms with van der Waals surface area (Å²) < 4.78 is 6.63. The molecule has 4 rings (SSSR count). The second-order valence-corrected chi connectivity index (χ2v) is 7.20. The Morgan fingerprint density at radius 3 is 3.00 bits per heavy atom. The van der Waals surface area contributed by atoms with Crippen molar-refractivity contribution in [1.29, 1.82) is 0 Å². The Kier molecular flexibility index (Phi) is 4.30. The number of para-hydroxylation sites is 1. The number of carbonyl (C=O) groups excluding carboxylic acids is 2. The average Bonchev–Trinajstić information content (AvgIpc) is 3.04. The number of aromatic nitrogens is 1. The maximum Gasteiger partial charge on any atom is 0.265 e. The van der Waals surface area contributed by atoms with E-state index in [9.17, 15) is 9.59 Å². The van der Waals surface area contributed by atoms with Crippen molar-refractivity contribution in [1.82, 2.24) is 4.98 Å². The Balaban J connectivity index is 1.39. The molecule has 0 spiro atoms. The highest BCUT2D eigenvalue weighted by Gasteiger charge is 2.23. The van der Waals surface area contributed by atoms with Crippen LogP contribution < -0.4 is 15.4 Å². The molecule has 0 aliphatic carbocycles. The number of nitrogens with one attached hydrogen (secondary N) is 2. The van der Waals surface area contributed by atoms with Crippen LogP contribution in [0.3, 0.4) is 0 Å². The lowest BCUT2D eigenvalue weighted by Gasteiger charge is -2.23. The van der Waals surface area contributed by atoms with Gasteiger partial charge < -0.3 is 15.4 Å². The van der Waals surface area contributed by atoms with Gasteiger partial charge >= 0.3 is 0 Å². The zero-order valence-electron chi connectivity index (χ0n) is 14.1. The van der Waals surface area contributed by atoms with Crippen LogP contribution in [0.2, 0.25) is 0 Å². The zero-order valence-corrected chi connectivity index (χ0v) is 14.9. The van der Waals surface area contributed by atoms with Gasteiger partial charge in [0.2, 0.25) is 5.91 Å². The smallest absolute Gasteiger partial charge is 0.265 e. The summed E-state index contributed by atoms with van der Waals surface area (Å²) in [6, 6.07) is 13.1. The number of hydrogen-bond acceptors (Lipinski definition) is 5. The lowest BCUT2D eigenvalue weighted by atomic mass is 10.2. The Bertz CT molecular complexity index is 966. The molecule has 0 bridgehead atoms. The summed E-state index contributed by atoms with van der Waals surface area (Å²) in [5.41, 5.74) is 2.15. The van der Waals surface area contributed by atoms with Gasteiger partial charge in [0, 0.05) is 18.5 Å². The number of hydrogen-bond donors (Lipinski definition) is 2. The monoisotopic (exact) mass is 367 g/mol. The van der Waals surface area contributed by atoms with Gasteiger partial charge in [-0.05, 0) is 37.3 Å². The predicted octanol–water partition coefficient (Wildman–Crippen LogP) is 3.59. The molecular weight excluding hydrogens is 350 g/mol. The molecule has 0 radical (unpaired) electrons. The summed E-state index contributed by atoms with van der Waals surface area (Å²) in [5, 5.41) is 6.57. The number of fused-ring (bicyclic) bond motifs is 2. The van der Waals surface area contributed by atoms with E-state index in [2.05, 4.69) is 15.6 Å². The third-order valence-electron chi connectivity index (χ3n) is 4.10. The van der Waals surface area contributed by atoms with Crippen molar-refractivity contribution < 1.29 is 14.3 Å². The number of aryl methyl sites for hydroxylation is 1. The van der Waals surface area contributed by atoms with E-state index in [0.29, 0.717) is 30.0 Å². The number of amides is 2. The van der Waals surface area contributed by atoms with Crippen LogP contribution in [0.15, 0.2) is 42.5 Å². The van der Waals surface area contributed by atoms with E-state index in [1.54, 1.807) is 36.5 Å². The minimum absolute atomic E-state index is 0.0966. The standard InChI is InChI=1S/C19H17N3O3S/c1-11-19(24)22-14-10-12(6-7-15(14)25-11)20-17(23)8-9-18-21-13-4-2-3-5-16(13)26-18/h2-7,10-11H,8-9H2,1H3,(H,20,23)(H,22,24)/t11-/m0/s1. The summed E-state index contributed by atoms with van der Waals surface area (Å²) in [4.78, 5) is 28.5. The molecule has 0 saturated heterocycles. The van der Waals surface area contributed by atoms with E-state index in [1.165, 1.54) is 0 Å². The first-order chi connectivity index (χ1) is 12.6. The lowest BCUT2D eigenvalue weighted by molar-refractivity contribution is -0.122. The summed E-state index contributed by atoms with van der Waals surface area (Å²) in [6.45, 7) is 1.69. The summed E-state index contributed by atoms with van der Waals surface area (Å²) in [7, 11) is 0. The minimum atomic E-state index is -0.517. The van der Waals surface area contributed by atoms with Crippen molar-refractivity contribution in [2.45, 2.75) is 25.9 Å². The summed E-state index contributed by atoms with van der Waals surface area (Å²) in [6.07, 6.45) is 0.418. The number of carbonyl (C=O) groups is 2. The quantitative estimate of drug-likeness (QED) is 0.738. The van der Waals surface area contributed by atoms with Crippen molar-refractivity contribution >= 4 is 44.7 Å². The second kappa shape index (κ2) is 6.76. The van der Waals surface area contributed by atoms with Gasteiger partial charge in [-0.3, -0.25) is 9.59 Å². The molecule has 2 amide bonds. The third kappa shape index (κ3) is 3.39. The molecule has 2 N–H and O–H groups in total. The number of thiazole rings is 1. The molecule has 132 valence electrons. The largest absolute Gasteiger partial charge is 0.479 e. The molecule has 0 unspecified atom stereocenters. The van der Waals surface area contributed by atoms with Crippen LogP contribution in [0.5, 0.6) is 5.75 Å². The van der Waals surface area contributed by atoms with Crippen LogP contribution in [0.1, 0.15) is 18.4 Å². The highest BCUT2D eigenvalue weighted by Crippen LogP contribution is 2.32. The third-order valence-corrected chi connectivity index (χ3v) is 5.19. The second-order valence-electron chi connectivity index (χ2n) is 6.08. The number of rotatable bonds is 4. The van der Waals surface area contributed by atoms with Crippen LogP contribution in [-0.4, -0.2) is 22.9 Å². The van der Waals surface area contributed by atoms with Crippen molar-refractivity contribution in [2.75, 3.05) is 10.6 Å². The van der Waals surface area contributed by atoms with Gasteiger partial charge in [-0.2, -0.15) is 0 Å². The van der Waals surface area contributed by atoms with Crippen molar-refractivity contribution in [2.24, 2.45) is 0 Å². The maximum absolute atomic E-state index is 12.2. The molecule has 1 atom stereocenters. The fourth-order valence-electron chi connectivity index (χ4n) is 2.76. The Morgan fingerprint density at radius 2 is 2.15 bits per heavy atom. The molecular formula is C19H17N3O3S.